The van der Waals surface area contributed by atoms with Gasteiger partial charge in [-0.25, -0.2) is 0 Å². The molecule has 0 aliphatic rings. The fourth-order valence-electron chi connectivity index (χ4n) is 2.01. The molecule has 1 atom stereocenters. The number of alkyl halides is 3. The Morgan fingerprint density at radius 2 is 1.71 bits per heavy atom. The Hall–Kier alpha value is -2.17. The highest BCUT2D eigenvalue weighted by Gasteiger charge is 2.30. The first-order valence-electron chi connectivity index (χ1n) is 6.48. The van der Waals surface area contributed by atoms with Gasteiger partial charge >= 0.3 is 6.18 Å². The fraction of sp³-hybridized carbons (Fsp3) is 0.250. The second-order valence-corrected chi connectivity index (χ2v) is 4.72. The molecule has 0 spiro atoms. The first-order valence-corrected chi connectivity index (χ1v) is 6.48. The van der Waals surface area contributed by atoms with Crippen molar-refractivity contribution in [3.63, 3.8) is 0 Å². The van der Waals surface area contributed by atoms with Gasteiger partial charge in [0.2, 0.25) is 0 Å². The van der Waals surface area contributed by atoms with Gasteiger partial charge in [-0.3, -0.25) is 0 Å². The SMILES string of the molecule is COc1cccc(N[C@@H](C)c2ccc(C(F)(F)F)cc2)c1. The lowest BCUT2D eigenvalue weighted by atomic mass is 10.1. The summed E-state index contributed by atoms with van der Waals surface area (Å²) in [6, 6.07) is 12.4. The van der Waals surface area contributed by atoms with Crippen LogP contribution < -0.4 is 10.1 Å². The van der Waals surface area contributed by atoms with Crippen LogP contribution in [0.15, 0.2) is 48.5 Å². The van der Waals surface area contributed by atoms with Crippen molar-refractivity contribution >= 4 is 5.69 Å². The molecule has 21 heavy (non-hydrogen) atoms. The normalized spacial score (nSPS) is 12.8. The van der Waals surface area contributed by atoms with E-state index in [9.17, 15) is 13.2 Å². The van der Waals surface area contributed by atoms with Crippen molar-refractivity contribution in [2.45, 2.75) is 19.1 Å². The van der Waals surface area contributed by atoms with E-state index in [1.807, 2.05) is 31.2 Å². The van der Waals surface area contributed by atoms with Gasteiger partial charge in [-0.15, -0.1) is 0 Å². The van der Waals surface area contributed by atoms with Crippen LogP contribution in [-0.4, -0.2) is 7.11 Å². The fourth-order valence-corrected chi connectivity index (χ4v) is 2.01. The number of ether oxygens (including phenoxy) is 1. The lowest BCUT2D eigenvalue weighted by Gasteiger charge is -2.17. The van der Waals surface area contributed by atoms with E-state index in [0.717, 1.165) is 29.1 Å². The number of benzene rings is 2. The van der Waals surface area contributed by atoms with E-state index in [0.29, 0.717) is 0 Å². The number of rotatable bonds is 4. The average Bonchev–Trinajstić information content (AvgIpc) is 2.46. The van der Waals surface area contributed by atoms with Crippen LogP contribution in [0.2, 0.25) is 0 Å². The van der Waals surface area contributed by atoms with Crippen LogP contribution in [0.1, 0.15) is 24.1 Å². The molecular weight excluding hydrogens is 279 g/mol. The summed E-state index contributed by atoms with van der Waals surface area (Å²) < 4.78 is 42.7. The summed E-state index contributed by atoms with van der Waals surface area (Å²) in [5.74, 6) is 0.722. The van der Waals surface area contributed by atoms with E-state index in [2.05, 4.69) is 5.32 Å². The zero-order chi connectivity index (χ0) is 15.5. The van der Waals surface area contributed by atoms with Gasteiger partial charge in [0.15, 0.2) is 0 Å². The molecule has 2 rings (SSSR count). The second kappa shape index (κ2) is 6.08. The van der Waals surface area contributed by atoms with E-state index in [1.54, 1.807) is 7.11 Å². The summed E-state index contributed by atoms with van der Waals surface area (Å²) >= 11 is 0. The van der Waals surface area contributed by atoms with Crippen molar-refractivity contribution in [2.75, 3.05) is 12.4 Å². The third-order valence-corrected chi connectivity index (χ3v) is 3.19. The molecule has 0 amide bonds. The van der Waals surface area contributed by atoms with Gasteiger partial charge in [0.1, 0.15) is 5.75 Å². The smallest absolute Gasteiger partial charge is 0.416 e. The largest absolute Gasteiger partial charge is 0.497 e. The Bertz CT molecular complexity index is 593. The molecular formula is C16H16F3NO. The summed E-state index contributed by atoms with van der Waals surface area (Å²) in [6.07, 6.45) is -4.30. The monoisotopic (exact) mass is 295 g/mol. The average molecular weight is 295 g/mol. The maximum atomic E-state index is 12.5. The molecule has 0 unspecified atom stereocenters. The minimum absolute atomic E-state index is 0.112. The first kappa shape index (κ1) is 15.2. The second-order valence-electron chi connectivity index (χ2n) is 4.72. The number of hydrogen-bond donors (Lipinski definition) is 1. The van der Waals surface area contributed by atoms with Gasteiger partial charge in [0, 0.05) is 17.8 Å². The summed E-state index contributed by atoms with van der Waals surface area (Å²) in [7, 11) is 1.58. The summed E-state index contributed by atoms with van der Waals surface area (Å²) in [4.78, 5) is 0. The molecule has 0 aliphatic carbocycles. The topological polar surface area (TPSA) is 21.3 Å². The number of halogens is 3. The third kappa shape index (κ3) is 3.90. The molecule has 2 nitrogen and oxygen atoms in total. The number of anilines is 1. The van der Waals surface area contributed by atoms with Crippen LogP contribution in [0.25, 0.3) is 0 Å². The lowest BCUT2D eigenvalue weighted by Crippen LogP contribution is -2.08. The molecule has 0 radical (unpaired) electrons. The molecule has 112 valence electrons. The predicted molar refractivity (Wildman–Crippen MR) is 76.5 cm³/mol. The zero-order valence-electron chi connectivity index (χ0n) is 11.7. The maximum absolute atomic E-state index is 12.5. The summed E-state index contributed by atoms with van der Waals surface area (Å²) in [5, 5.41) is 3.23. The Kier molecular flexibility index (Phi) is 4.40. The van der Waals surface area contributed by atoms with Gasteiger partial charge in [0.25, 0.3) is 0 Å². The van der Waals surface area contributed by atoms with Crippen LogP contribution in [0.4, 0.5) is 18.9 Å². The predicted octanol–water partition coefficient (Wildman–Crippen LogP) is 4.89. The van der Waals surface area contributed by atoms with Crippen molar-refractivity contribution in [3.8, 4) is 5.75 Å². The number of methoxy groups -OCH3 is 1. The molecule has 5 heteroatoms. The van der Waals surface area contributed by atoms with E-state index < -0.39 is 11.7 Å². The Balaban J connectivity index is 2.11. The van der Waals surface area contributed by atoms with Crippen LogP contribution in [-0.2, 0) is 6.18 Å². The minimum Gasteiger partial charge on any atom is -0.497 e. The first-order chi connectivity index (χ1) is 9.90. The van der Waals surface area contributed by atoms with Crippen molar-refractivity contribution in [3.05, 3.63) is 59.7 Å². The standard InChI is InChI=1S/C16H16F3NO/c1-11(20-14-4-3-5-15(10-14)21-2)12-6-8-13(9-7-12)16(17,18)19/h3-11,20H,1-2H3/t11-/m0/s1. The quantitative estimate of drug-likeness (QED) is 0.867. The molecule has 1 N–H and O–H groups in total. The van der Waals surface area contributed by atoms with E-state index >= 15 is 0 Å². The van der Waals surface area contributed by atoms with Gasteiger partial charge in [0.05, 0.1) is 12.7 Å². The highest BCUT2D eigenvalue weighted by Crippen LogP contribution is 2.30. The van der Waals surface area contributed by atoms with Crippen LogP contribution in [0, 0.1) is 0 Å². The highest BCUT2D eigenvalue weighted by atomic mass is 19.4. The van der Waals surface area contributed by atoms with Gasteiger partial charge in [-0.05, 0) is 36.8 Å². The van der Waals surface area contributed by atoms with E-state index in [-0.39, 0.29) is 6.04 Å². The summed E-state index contributed by atoms with van der Waals surface area (Å²) in [6.45, 7) is 1.89. The Labute approximate surface area is 121 Å². The van der Waals surface area contributed by atoms with E-state index in [1.165, 1.54) is 12.1 Å². The van der Waals surface area contributed by atoms with Crippen molar-refractivity contribution < 1.29 is 17.9 Å². The Morgan fingerprint density at radius 3 is 2.29 bits per heavy atom. The molecule has 0 saturated carbocycles. The van der Waals surface area contributed by atoms with Gasteiger partial charge < -0.3 is 10.1 Å². The van der Waals surface area contributed by atoms with Crippen molar-refractivity contribution in [1.29, 1.82) is 0 Å². The van der Waals surface area contributed by atoms with E-state index in [4.69, 9.17) is 4.74 Å². The van der Waals surface area contributed by atoms with Crippen LogP contribution >= 0.6 is 0 Å². The zero-order valence-corrected chi connectivity index (χ0v) is 11.7. The third-order valence-electron chi connectivity index (χ3n) is 3.19. The van der Waals surface area contributed by atoms with Crippen LogP contribution in [0.3, 0.4) is 0 Å². The lowest BCUT2D eigenvalue weighted by molar-refractivity contribution is -0.137. The molecule has 0 fully saturated rings. The highest BCUT2D eigenvalue weighted by molar-refractivity contribution is 5.49. The molecule has 0 saturated heterocycles. The van der Waals surface area contributed by atoms with Crippen LogP contribution in [0.5, 0.6) is 5.75 Å². The molecule has 0 heterocycles. The summed E-state index contributed by atoms with van der Waals surface area (Å²) in [5.41, 5.74) is 0.993. The van der Waals surface area contributed by atoms with Gasteiger partial charge in [-0.2, -0.15) is 13.2 Å². The molecule has 2 aromatic rings. The maximum Gasteiger partial charge on any atom is 0.416 e. The van der Waals surface area contributed by atoms with Crippen molar-refractivity contribution in [1.82, 2.24) is 0 Å². The molecule has 0 aromatic heterocycles. The number of hydrogen-bond acceptors (Lipinski definition) is 2. The van der Waals surface area contributed by atoms with Gasteiger partial charge in [-0.1, -0.05) is 18.2 Å². The molecule has 0 aliphatic heterocycles. The molecule has 2 aromatic carbocycles. The Morgan fingerprint density at radius 1 is 1.05 bits per heavy atom. The minimum atomic E-state index is -4.30. The molecule has 0 bridgehead atoms. The van der Waals surface area contributed by atoms with Crippen molar-refractivity contribution in [2.24, 2.45) is 0 Å². The number of nitrogens with one attached hydrogen (secondary N) is 1.